The van der Waals surface area contributed by atoms with Crippen molar-refractivity contribution < 1.29 is 5.11 Å². The van der Waals surface area contributed by atoms with Crippen LogP contribution in [0.25, 0.3) is 11.1 Å². The van der Waals surface area contributed by atoms with Gasteiger partial charge >= 0.3 is 0 Å². The van der Waals surface area contributed by atoms with Gasteiger partial charge < -0.3 is 5.11 Å². The molecule has 0 heterocycles. The monoisotopic (exact) mass is 294 g/mol. The summed E-state index contributed by atoms with van der Waals surface area (Å²) in [6.45, 7) is 6.49. The third-order valence-corrected chi connectivity index (χ3v) is 3.60. The standard InChI is InChI=1S/C16H16Cl2O/c1-16(2,3)11-6-4-10(5-7-11)13-8-12(17)9-14(18)15(13)19/h4-9,19H,1-3H3. The Morgan fingerprint density at radius 1 is 0.947 bits per heavy atom. The normalized spacial score (nSPS) is 11.6. The lowest BCUT2D eigenvalue weighted by molar-refractivity contribution is 0.477. The van der Waals surface area contributed by atoms with Gasteiger partial charge in [-0.05, 0) is 28.7 Å². The summed E-state index contributed by atoms with van der Waals surface area (Å²) in [5.74, 6) is 0.0644. The van der Waals surface area contributed by atoms with Crippen LogP contribution >= 0.6 is 23.2 Å². The summed E-state index contributed by atoms with van der Waals surface area (Å²) in [6.07, 6.45) is 0. The third-order valence-electron chi connectivity index (χ3n) is 3.09. The van der Waals surface area contributed by atoms with Crippen LogP contribution in [0.1, 0.15) is 26.3 Å². The third kappa shape index (κ3) is 3.05. The lowest BCUT2D eigenvalue weighted by Gasteiger charge is -2.19. The smallest absolute Gasteiger partial charge is 0.142 e. The van der Waals surface area contributed by atoms with Crippen molar-refractivity contribution in [3.05, 3.63) is 52.0 Å². The van der Waals surface area contributed by atoms with Crippen LogP contribution in [0.4, 0.5) is 0 Å². The molecule has 0 aliphatic heterocycles. The summed E-state index contributed by atoms with van der Waals surface area (Å²) < 4.78 is 0. The molecule has 0 aliphatic rings. The summed E-state index contributed by atoms with van der Waals surface area (Å²) in [7, 11) is 0. The largest absolute Gasteiger partial charge is 0.506 e. The van der Waals surface area contributed by atoms with Gasteiger partial charge in [0.15, 0.2) is 0 Å². The van der Waals surface area contributed by atoms with E-state index in [2.05, 4.69) is 32.9 Å². The molecule has 100 valence electrons. The molecule has 0 saturated heterocycles. The SMILES string of the molecule is CC(C)(C)c1ccc(-c2cc(Cl)cc(Cl)c2O)cc1. The average Bonchev–Trinajstić information content (AvgIpc) is 2.33. The molecule has 0 fully saturated rings. The van der Waals surface area contributed by atoms with Gasteiger partial charge in [0.1, 0.15) is 5.75 Å². The molecule has 0 bridgehead atoms. The average molecular weight is 295 g/mol. The Morgan fingerprint density at radius 2 is 1.53 bits per heavy atom. The highest BCUT2D eigenvalue weighted by molar-refractivity contribution is 6.36. The number of halogens is 2. The van der Waals surface area contributed by atoms with Crippen molar-refractivity contribution in [1.29, 1.82) is 0 Å². The van der Waals surface area contributed by atoms with Gasteiger partial charge in [0.2, 0.25) is 0 Å². The molecular formula is C16H16Cl2O. The van der Waals surface area contributed by atoms with E-state index in [9.17, 15) is 5.11 Å². The molecular weight excluding hydrogens is 279 g/mol. The summed E-state index contributed by atoms with van der Waals surface area (Å²) in [5.41, 5.74) is 2.89. The van der Waals surface area contributed by atoms with Crippen molar-refractivity contribution >= 4 is 23.2 Å². The van der Waals surface area contributed by atoms with E-state index in [1.54, 1.807) is 6.07 Å². The molecule has 19 heavy (non-hydrogen) atoms. The summed E-state index contributed by atoms with van der Waals surface area (Å²) in [5, 5.41) is 10.8. The van der Waals surface area contributed by atoms with Gasteiger partial charge in [-0.2, -0.15) is 0 Å². The molecule has 0 radical (unpaired) electrons. The number of phenols is 1. The first kappa shape index (κ1) is 14.2. The van der Waals surface area contributed by atoms with Crippen LogP contribution in [0, 0.1) is 0 Å². The molecule has 3 heteroatoms. The molecule has 1 N–H and O–H groups in total. The summed E-state index contributed by atoms with van der Waals surface area (Å²) in [4.78, 5) is 0. The molecule has 0 aromatic heterocycles. The Kier molecular flexibility index (Phi) is 3.80. The number of aromatic hydroxyl groups is 1. The van der Waals surface area contributed by atoms with E-state index in [1.807, 2.05) is 12.1 Å². The predicted octanol–water partition coefficient (Wildman–Crippen LogP) is 5.66. The van der Waals surface area contributed by atoms with Gasteiger partial charge in [-0.25, -0.2) is 0 Å². The number of rotatable bonds is 1. The van der Waals surface area contributed by atoms with Crippen LogP contribution in [-0.2, 0) is 5.41 Å². The zero-order chi connectivity index (χ0) is 14.2. The zero-order valence-electron chi connectivity index (χ0n) is 11.2. The van der Waals surface area contributed by atoms with Crippen LogP contribution in [0.15, 0.2) is 36.4 Å². The van der Waals surface area contributed by atoms with E-state index in [0.717, 1.165) is 5.56 Å². The number of hydrogen-bond donors (Lipinski definition) is 1. The van der Waals surface area contributed by atoms with Crippen molar-refractivity contribution in [2.45, 2.75) is 26.2 Å². The van der Waals surface area contributed by atoms with E-state index in [4.69, 9.17) is 23.2 Å². The molecule has 0 spiro atoms. The molecule has 0 saturated carbocycles. The number of phenolic OH excluding ortho intramolecular Hbond substituents is 1. The maximum atomic E-state index is 10.0. The highest BCUT2D eigenvalue weighted by Crippen LogP contribution is 2.38. The van der Waals surface area contributed by atoms with Crippen molar-refractivity contribution in [3.8, 4) is 16.9 Å². The minimum Gasteiger partial charge on any atom is -0.506 e. The van der Waals surface area contributed by atoms with Gasteiger partial charge in [-0.3, -0.25) is 0 Å². The lowest BCUT2D eigenvalue weighted by atomic mass is 9.86. The van der Waals surface area contributed by atoms with Crippen LogP contribution in [0.2, 0.25) is 10.0 Å². The van der Waals surface area contributed by atoms with Crippen LogP contribution < -0.4 is 0 Å². The van der Waals surface area contributed by atoms with E-state index in [0.29, 0.717) is 10.6 Å². The second-order valence-corrected chi connectivity index (χ2v) is 6.45. The molecule has 2 rings (SSSR count). The van der Waals surface area contributed by atoms with Gasteiger partial charge in [0.05, 0.1) is 5.02 Å². The first-order chi connectivity index (χ1) is 8.79. The Labute approximate surface area is 123 Å². The van der Waals surface area contributed by atoms with Gasteiger partial charge in [-0.15, -0.1) is 0 Å². The highest BCUT2D eigenvalue weighted by Gasteiger charge is 2.14. The van der Waals surface area contributed by atoms with E-state index in [1.165, 1.54) is 11.6 Å². The summed E-state index contributed by atoms with van der Waals surface area (Å²) >= 11 is 11.9. The van der Waals surface area contributed by atoms with Gasteiger partial charge in [0, 0.05) is 10.6 Å². The Hall–Kier alpha value is -1.18. The first-order valence-corrected chi connectivity index (χ1v) is 6.83. The van der Waals surface area contributed by atoms with Crippen molar-refractivity contribution in [2.24, 2.45) is 0 Å². The molecule has 1 nitrogen and oxygen atoms in total. The maximum Gasteiger partial charge on any atom is 0.142 e. The maximum absolute atomic E-state index is 10.0. The van der Waals surface area contributed by atoms with Gasteiger partial charge in [0.25, 0.3) is 0 Å². The molecule has 0 aliphatic carbocycles. The minimum absolute atomic E-state index is 0.0644. The molecule has 0 unspecified atom stereocenters. The second kappa shape index (κ2) is 5.07. The number of hydrogen-bond acceptors (Lipinski definition) is 1. The topological polar surface area (TPSA) is 20.2 Å². The van der Waals surface area contributed by atoms with Crippen LogP contribution in [0.3, 0.4) is 0 Å². The van der Waals surface area contributed by atoms with Crippen molar-refractivity contribution in [2.75, 3.05) is 0 Å². The fourth-order valence-electron chi connectivity index (χ4n) is 1.94. The van der Waals surface area contributed by atoms with E-state index >= 15 is 0 Å². The fourth-order valence-corrected chi connectivity index (χ4v) is 2.43. The van der Waals surface area contributed by atoms with Crippen LogP contribution in [-0.4, -0.2) is 5.11 Å². The Morgan fingerprint density at radius 3 is 2.05 bits per heavy atom. The van der Waals surface area contributed by atoms with E-state index in [-0.39, 0.29) is 16.2 Å². The quantitative estimate of drug-likeness (QED) is 0.719. The van der Waals surface area contributed by atoms with Crippen LogP contribution in [0.5, 0.6) is 5.75 Å². The lowest BCUT2D eigenvalue weighted by Crippen LogP contribution is -2.10. The van der Waals surface area contributed by atoms with Crippen molar-refractivity contribution in [3.63, 3.8) is 0 Å². The molecule has 2 aromatic carbocycles. The molecule has 0 amide bonds. The van der Waals surface area contributed by atoms with Gasteiger partial charge in [-0.1, -0.05) is 68.2 Å². The fraction of sp³-hybridized carbons (Fsp3) is 0.250. The minimum atomic E-state index is 0.0644. The highest BCUT2D eigenvalue weighted by atomic mass is 35.5. The molecule has 2 aromatic rings. The first-order valence-electron chi connectivity index (χ1n) is 6.08. The van der Waals surface area contributed by atoms with E-state index < -0.39 is 0 Å². The number of benzene rings is 2. The zero-order valence-corrected chi connectivity index (χ0v) is 12.7. The Bertz CT molecular complexity index is 595. The second-order valence-electron chi connectivity index (χ2n) is 5.61. The molecule has 0 atom stereocenters. The predicted molar refractivity (Wildman–Crippen MR) is 82.3 cm³/mol. The summed E-state index contributed by atoms with van der Waals surface area (Å²) in [6, 6.07) is 11.3. The van der Waals surface area contributed by atoms with Crippen molar-refractivity contribution in [1.82, 2.24) is 0 Å². The Balaban J connectivity index is 2.49.